The summed E-state index contributed by atoms with van der Waals surface area (Å²) in [6.45, 7) is 2.12. The summed E-state index contributed by atoms with van der Waals surface area (Å²) in [5.74, 6) is -0.939. The molecule has 0 unspecified atom stereocenters. The number of amides is 1. The van der Waals surface area contributed by atoms with Crippen molar-refractivity contribution >= 4 is 11.9 Å². The Morgan fingerprint density at radius 3 is 2.57 bits per heavy atom. The molecule has 1 saturated carbocycles. The van der Waals surface area contributed by atoms with Crippen molar-refractivity contribution in [3.8, 4) is 0 Å². The van der Waals surface area contributed by atoms with Crippen molar-refractivity contribution in [3.05, 3.63) is 29.6 Å². The minimum atomic E-state index is -0.792. The molecule has 1 heterocycles. The standard InChI is InChI=1S/C16H22N2O3/c1-12-5-6-13(10-17-12)9-14(19)18-11-16(15(20)21)7-3-2-4-8-16/h5-6,10H,2-4,7-9,11H2,1H3,(H,18,19)(H,20,21). The van der Waals surface area contributed by atoms with Crippen molar-refractivity contribution in [3.63, 3.8) is 0 Å². The van der Waals surface area contributed by atoms with E-state index in [4.69, 9.17) is 0 Å². The molecule has 0 atom stereocenters. The second-order valence-electron chi connectivity index (χ2n) is 5.91. The molecule has 1 amide bonds. The molecule has 1 aromatic heterocycles. The predicted octanol–water partition coefficient (Wildman–Crippen LogP) is 2.08. The van der Waals surface area contributed by atoms with Crippen LogP contribution in [0.5, 0.6) is 0 Å². The fourth-order valence-corrected chi connectivity index (χ4v) is 2.81. The number of aryl methyl sites for hydroxylation is 1. The second kappa shape index (κ2) is 6.70. The molecule has 0 aliphatic heterocycles. The van der Waals surface area contributed by atoms with Crippen LogP contribution in [0, 0.1) is 12.3 Å². The van der Waals surface area contributed by atoms with Crippen molar-refractivity contribution in [1.82, 2.24) is 10.3 Å². The smallest absolute Gasteiger partial charge is 0.311 e. The lowest BCUT2D eigenvalue weighted by Gasteiger charge is -2.33. The van der Waals surface area contributed by atoms with Gasteiger partial charge < -0.3 is 10.4 Å². The van der Waals surface area contributed by atoms with E-state index >= 15 is 0 Å². The van der Waals surface area contributed by atoms with Crippen LogP contribution in [0.4, 0.5) is 0 Å². The van der Waals surface area contributed by atoms with E-state index in [0.717, 1.165) is 30.5 Å². The lowest BCUT2D eigenvalue weighted by atomic mass is 9.74. The Morgan fingerprint density at radius 1 is 1.29 bits per heavy atom. The summed E-state index contributed by atoms with van der Waals surface area (Å²) >= 11 is 0. The molecule has 0 aromatic carbocycles. The first-order chi connectivity index (χ1) is 10.0. The number of rotatable bonds is 5. The van der Waals surface area contributed by atoms with E-state index in [-0.39, 0.29) is 18.9 Å². The summed E-state index contributed by atoms with van der Waals surface area (Å²) < 4.78 is 0. The minimum Gasteiger partial charge on any atom is -0.481 e. The molecule has 1 aliphatic rings. The average Bonchev–Trinajstić information content (AvgIpc) is 2.48. The van der Waals surface area contributed by atoms with Crippen molar-refractivity contribution in [2.75, 3.05) is 6.54 Å². The van der Waals surface area contributed by atoms with Gasteiger partial charge in [0.05, 0.1) is 11.8 Å². The van der Waals surface area contributed by atoms with Gasteiger partial charge in [0, 0.05) is 18.4 Å². The maximum Gasteiger partial charge on any atom is 0.311 e. The van der Waals surface area contributed by atoms with Crippen LogP contribution >= 0.6 is 0 Å². The lowest BCUT2D eigenvalue weighted by Crippen LogP contribution is -2.44. The molecular formula is C16H22N2O3. The third-order valence-electron chi connectivity index (χ3n) is 4.23. The van der Waals surface area contributed by atoms with Crippen LogP contribution in [0.3, 0.4) is 0 Å². The fraction of sp³-hybridized carbons (Fsp3) is 0.562. The molecule has 0 saturated heterocycles. The van der Waals surface area contributed by atoms with Gasteiger partial charge in [0.25, 0.3) is 0 Å². The minimum absolute atomic E-state index is 0.146. The Hall–Kier alpha value is -1.91. The van der Waals surface area contributed by atoms with Crippen molar-refractivity contribution in [2.45, 2.75) is 45.4 Å². The molecule has 0 radical (unpaired) electrons. The summed E-state index contributed by atoms with van der Waals surface area (Å²) in [5, 5.41) is 12.3. The van der Waals surface area contributed by atoms with E-state index in [1.54, 1.807) is 6.20 Å². The van der Waals surface area contributed by atoms with Crippen LogP contribution in [-0.2, 0) is 16.0 Å². The predicted molar refractivity (Wildman–Crippen MR) is 78.8 cm³/mol. The van der Waals surface area contributed by atoms with Gasteiger partial charge in [-0.1, -0.05) is 25.3 Å². The number of nitrogens with zero attached hydrogens (tertiary/aromatic N) is 1. The molecule has 0 bridgehead atoms. The van der Waals surface area contributed by atoms with Crippen LogP contribution in [-0.4, -0.2) is 28.5 Å². The number of hydrogen-bond donors (Lipinski definition) is 2. The van der Waals surface area contributed by atoms with Crippen LogP contribution in [0.15, 0.2) is 18.3 Å². The molecule has 2 rings (SSSR count). The SMILES string of the molecule is Cc1ccc(CC(=O)NCC2(C(=O)O)CCCCC2)cn1. The van der Waals surface area contributed by atoms with Gasteiger partial charge in [-0.15, -0.1) is 0 Å². The fourth-order valence-electron chi connectivity index (χ4n) is 2.81. The number of pyridine rings is 1. The maximum absolute atomic E-state index is 12.0. The molecular weight excluding hydrogens is 268 g/mol. The largest absolute Gasteiger partial charge is 0.481 e. The maximum atomic E-state index is 12.0. The third kappa shape index (κ3) is 4.03. The number of carboxylic acid groups (broad SMARTS) is 1. The molecule has 1 aromatic rings. The van der Waals surface area contributed by atoms with Crippen LogP contribution in [0.1, 0.15) is 43.4 Å². The van der Waals surface area contributed by atoms with Crippen molar-refractivity contribution in [2.24, 2.45) is 5.41 Å². The number of carbonyl (C=O) groups is 2. The summed E-state index contributed by atoms with van der Waals surface area (Å²) in [7, 11) is 0. The molecule has 5 nitrogen and oxygen atoms in total. The van der Waals surface area contributed by atoms with E-state index in [2.05, 4.69) is 10.3 Å². The van der Waals surface area contributed by atoms with E-state index < -0.39 is 11.4 Å². The highest BCUT2D eigenvalue weighted by Crippen LogP contribution is 2.35. The molecule has 21 heavy (non-hydrogen) atoms. The van der Waals surface area contributed by atoms with Crippen LogP contribution < -0.4 is 5.32 Å². The summed E-state index contributed by atoms with van der Waals surface area (Å²) in [4.78, 5) is 27.6. The zero-order valence-corrected chi connectivity index (χ0v) is 12.4. The topological polar surface area (TPSA) is 79.3 Å². The van der Waals surface area contributed by atoms with Crippen LogP contribution in [0.2, 0.25) is 0 Å². The highest BCUT2D eigenvalue weighted by Gasteiger charge is 2.39. The first-order valence-electron chi connectivity index (χ1n) is 7.43. The zero-order valence-electron chi connectivity index (χ0n) is 12.4. The quantitative estimate of drug-likeness (QED) is 0.870. The Labute approximate surface area is 124 Å². The lowest BCUT2D eigenvalue weighted by molar-refractivity contribution is -0.151. The zero-order chi connectivity index (χ0) is 15.3. The summed E-state index contributed by atoms with van der Waals surface area (Å²) in [5.41, 5.74) is 0.969. The Bertz CT molecular complexity index is 505. The Balaban J connectivity index is 1.90. The number of hydrogen-bond acceptors (Lipinski definition) is 3. The molecule has 1 aliphatic carbocycles. The van der Waals surface area contributed by atoms with E-state index in [0.29, 0.717) is 12.8 Å². The van der Waals surface area contributed by atoms with E-state index in [9.17, 15) is 14.7 Å². The average molecular weight is 290 g/mol. The van der Waals surface area contributed by atoms with E-state index in [1.165, 1.54) is 0 Å². The van der Waals surface area contributed by atoms with Gasteiger partial charge >= 0.3 is 5.97 Å². The van der Waals surface area contributed by atoms with Gasteiger partial charge in [-0.05, 0) is 31.4 Å². The number of carboxylic acids is 1. The van der Waals surface area contributed by atoms with E-state index in [1.807, 2.05) is 19.1 Å². The number of nitrogens with one attached hydrogen (secondary N) is 1. The van der Waals surface area contributed by atoms with Crippen LogP contribution in [0.25, 0.3) is 0 Å². The first kappa shape index (κ1) is 15.5. The van der Waals surface area contributed by atoms with Gasteiger partial charge in [0.2, 0.25) is 5.91 Å². The van der Waals surface area contributed by atoms with Gasteiger partial charge in [0.1, 0.15) is 0 Å². The normalized spacial score (nSPS) is 17.2. The second-order valence-corrected chi connectivity index (χ2v) is 5.91. The Kier molecular flexibility index (Phi) is 4.94. The van der Waals surface area contributed by atoms with Crippen molar-refractivity contribution < 1.29 is 14.7 Å². The monoisotopic (exact) mass is 290 g/mol. The first-order valence-corrected chi connectivity index (χ1v) is 7.43. The number of aromatic nitrogens is 1. The van der Waals surface area contributed by atoms with Gasteiger partial charge in [-0.3, -0.25) is 14.6 Å². The summed E-state index contributed by atoms with van der Waals surface area (Å²) in [6.07, 6.45) is 6.14. The molecule has 0 spiro atoms. The number of carbonyl (C=O) groups excluding carboxylic acids is 1. The summed E-state index contributed by atoms with van der Waals surface area (Å²) in [6, 6.07) is 3.73. The third-order valence-corrected chi connectivity index (χ3v) is 4.23. The molecule has 114 valence electrons. The highest BCUT2D eigenvalue weighted by molar-refractivity contribution is 5.80. The van der Waals surface area contributed by atoms with Gasteiger partial charge in [-0.2, -0.15) is 0 Å². The molecule has 5 heteroatoms. The molecule has 2 N–H and O–H groups in total. The van der Waals surface area contributed by atoms with Gasteiger partial charge in [-0.25, -0.2) is 0 Å². The Morgan fingerprint density at radius 2 is 2.00 bits per heavy atom. The highest BCUT2D eigenvalue weighted by atomic mass is 16.4. The molecule has 1 fully saturated rings. The van der Waals surface area contributed by atoms with Gasteiger partial charge in [0.15, 0.2) is 0 Å². The van der Waals surface area contributed by atoms with Crippen molar-refractivity contribution in [1.29, 1.82) is 0 Å². The number of aliphatic carboxylic acids is 1.